The zero-order valence-electron chi connectivity index (χ0n) is 13.4. The molecule has 112 valence electrons. The van der Waals surface area contributed by atoms with Crippen molar-refractivity contribution in [1.29, 1.82) is 0 Å². The van der Waals surface area contributed by atoms with Crippen LogP contribution in [0.2, 0.25) is 0 Å². The molecule has 2 saturated carbocycles. The Morgan fingerprint density at radius 2 is 1.79 bits per heavy atom. The summed E-state index contributed by atoms with van der Waals surface area (Å²) in [6.07, 6.45) is 11.4. The van der Waals surface area contributed by atoms with Crippen LogP contribution in [-0.4, -0.2) is 37.6 Å². The molecule has 2 rings (SSSR count). The van der Waals surface area contributed by atoms with Crippen molar-refractivity contribution in [3.8, 4) is 0 Å². The quantitative estimate of drug-likeness (QED) is 0.721. The van der Waals surface area contributed by atoms with Crippen LogP contribution in [-0.2, 0) is 0 Å². The summed E-state index contributed by atoms with van der Waals surface area (Å²) in [7, 11) is 2.33. The van der Waals surface area contributed by atoms with Crippen LogP contribution in [0.4, 0.5) is 0 Å². The standard InChI is InChI=1S/C17H34N2/c1-4-17(2,13-18-16-10-11-16)14-19(3)12-15-8-6-5-7-9-15/h15-16,18H,4-14H2,1-3H3. The Kier molecular flexibility index (Phi) is 5.70. The number of nitrogens with zero attached hydrogens (tertiary/aromatic N) is 1. The van der Waals surface area contributed by atoms with Gasteiger partial charge in [-0.05, 0) is 50.5 Å². The van der Waals surface area contributed by atoms with Crippen LogP contribution in [0.25, 0.3) is 0 Å². The number of hydrogen-bond donors (Lipinski definition) is 1. The van der Waals surface area contributed by atoms with Crippen LogP contribution < -0.4 is 5.32 Å². The van der Waals surface area contributed by atoms with Gasteiger partial charge in [-0.1, -0.05) is 33.1 Å². The van der Waals surface area contributed by atoms with Gasteiger partial charge in [0.1, 0.15) is 0 Å². The van der Waals surface area contributed by atoms with Gasteiger partial charge in [-0.25, -0.2) is 0 Å². The average molecular weight is 266 g/mol. The Labute approximate surface area is 120 Å². The molecule has 0 radical (unpaired) electrons. The second-order valence-electron chi connectivity index (χ2n) is 7.52. The lowest BCUT2D eigenvalue weighted by Gasteiger charge is -2.35. The number of rotatable bonds is 8. The van der Waals surface area contributed by atoms with Gasteiger partial charge in [-0.2, -0.15) is 0 Å². The predicted octanol–water partition coefficient (Wildman–Crippen LogP) is 3.67. The van der Waals surface area contributed by atoms with E-state index >= 15 is 0 Å². The molecule has 1 unspecified atom stereocenters. The summed E-state index contributed by atoms with van der Waals surface area (Å²) in [6.45, 7) is 8.57. The van der Waals surface area contributed by atoms with Crippen LogP contribution in [0.1, 0.15) is 65.2 Å². The fourth-order valence-corrected chi connectivity index (χ4v) is 3.50. The van der Waals surface area contributed by atoms with Gasteiger partial charge in [-0.3, -0.25) is 0 Å². The van der Waals surface area contributed by atoms with E-state index in [4.69, 9.17) is 0 Å². The highest BCUT2D eigenvalue weighted by Crippen LogP contribution is 2.28. The molecular weight excluding hydrogens is 232 g/mol. The molecule has 0 aliphatic heterocycles. The normalized spacial score (nSPS) is 24.6. The van der Waals surface area contributed by atoms with Gasteiger partial charge < -0.3 is 10.2 Å². The minimum Gasteiger partial charge on any atom is -0.313 e. The summed E-state index contributed by atoms with van der Waals surface area (Å²) in [6, 6.07) is 0.842. The smallest absolute Gasteiger partial charge is 0.00684 e. The first-order valence-corrected chi connectivity index (χ1v) is 8.53. The van der Waals surface area contributed by atoms with E-state index < -0.39 is 0 Å². The molecule has 0 aromatic carbocycles. The van der Waals surface area contributed by atoms with Crippen LogP contribution in [0.5, 0.6) is 0 Å². The van der Waals surface area contributed by atoms with Gasteiger partial charge in [0.15, 0.2) is 0 Å². The van der Waals surface area contributed by atoms with Gasteiger partial charge in [0.2, 0.25) is 0 Å². The first-order valence-electron chi connectivity index (χ1n) is 8.53. The van der Waals surface area contributed by atoms with Crippen molar-refractivity contribution in [3.05, 3.63) is 0 Å². The molecule has 0 amide bonds. The van der Waals surface area contributed by atoms with Crippen LogP contribution in [0.3, 0.4) is 0 Å². The third-order valence-electron chi connectivity index (χ3n) is 5.19. The molecule has 2 nitrogen and oxygen atoms in total. The second-order valence-corrected chi connectivity index (χ2v) is 7.52. The van der Waals surface area contributed by atoms with Crippen molar-refractivity contribution < 1.29 is 0 Å². The molecule has 0 bridgehead atoms. The molecule has 2 aliphatic rings. The highest BCUT2D eigenvalue weighted by Gasteiger charge is 2.29. The third-order valence-corrected chi connectivity index (χ3v) is 5.19. The molecule has 19 heavy (non-hydrogen) atoms. The Morgan fingerprint density at radius 3 is 2.37 bits per heavy atom. The Bertz CT molecular complexity index is 256. The van der Waals surface area contributed by atoms with Crippen molar-refractivity contribution in [2.75, 3.05) is 26.7 Å². The monoisotopic (exact) mass is 266 g/mol. The number of hydrogen-bond acceptors (Lipinski definition) is 2. The SMILES string of the molecule is CCC(C)(CNC1CC1)CN(C)CC1CCCCC1. The van der Waals surface area contributed by atoms with Crippen molar-refractivity contribution in [1.82, 2.24) is 10.2 Å². The van der Waals surface area contributed by atoms with Gasteiger partial charge in [-0.15, -0.1) is 0 Å². The maximum absolute atomic E-state index is 3.73. The molecule has 2 heteroatoms. The van der Waals surface area contributed by atoms with Crippen molar-refractivity contribution in [2.24, 2.45) is 11.3 Å². The van der Waals surface area contributed by atoms with Crippen LogP contribution >= 0.6 is 0 Å². The van der Waals surface area contributed by atoms with Gasteiger partial charge >= 0.3 is 0 Å². The summed E-state index contributed by atoms with van der Waals surface area (Å²) in [5.74, 6) is 0.969. The molecule has 2 fully saturated rings. The largest absolute Gasteiger partial charge is 0.313 e. The van der Waals surface area contributed by atoms with E-state index in [1.165, 1.54) is 71.0 Å². The zero-order chi connectivity index (χ0) is 13.7. The van der Waals surface area contributed by atoms with Crippen molar-refractivity contribution in [3.63, 3.8) is 0 Å². The summed E-state index contributed by atoms with van der Waals surface area (Å²) in [5.41, 5.74) is 0.450. The molecular formula is C17H34N2. The van der Waals surface area contributed by atoms with E-state index in [0.29, 0.717) is 5.41 Å². The van der Waals surface area contributed by atoms with Gasteiger partial charge in [0.05, 0.1) is 0 Å². The lowest BCUT2D eigenvalue weighted by Crippen LogP contribution is -2.42. The number of nitrogens with one attached hydrogen (secondary N) is 1. The molecule has 1 atom stereocenters. The fraction of sp³-hybridized carbons (Fsp3) is 1.00. The first-order chi connectivity index (χ1) is 9.11. The minimum atomic E-state index is 0.450. The summed E-state index contributed by atoms with van der Waals surface area (Å²) >= 11 is 0. The molecule has 0 spiro atoms. The van der Waals surface area contributed by atoms with E-state index in [0.717, 1.165) is 12.0 Å². The van der Waals surface area contributed by atoms with Crippen LogP contribution in [0, 0.1) is 11.3 Å². The maximum Gasteiger partial charge on any atom is 0.00684 e. The summed E-state index contributed by atoms with van der Waals surface area (Å²) in [5, 5.41) is 3.73. The van der Waals surface area contributed by atoms with Crippen LogP contribution in [0.15, 0.2) is 0 Å². The first kappa shape index (κ1) is 15.3. The Balaban J connectivity index is 1.71. The molecule has 0 saturated heterocycles. The molecule has 2 aliphatic carbocycles. The van der Waals surface area contributed by atoms with E-state index in [9.17, 15) is 0 Å². The molecule has 0 aromatic heterocycles. The predicted molar refractivity (Wildman–Crippen MR) is 83.5 cm³/mol. The van der Waals surface area contributed by atoms with Crippen molar-refractivity contribution >= 4 is 0 Å². The van der Waals surface area contributed by atoms with Gasteiger partial charge in [0, 0.05) is 25.7 Å². The highest BCUT2D eigenvalue weighted by molar-refractivity contribution is 4.86. The van der Waals surface area contributed by atoms with Gasteiger partial charge in [0.25, 0.3) is 0 Å². The van der Waals surface area contributed by atoms with E-state index in [1.807, 2.05) is 0 Å². The topological polar surface area (TPSA) is 15.3 Å². The second kappa shape index (κ2) is 7.08. The summed E-state index contributed by atoms with van der Waals surface area (Å²) < 4.78 is 0. The molecule has 1 N–H and O–H groups in total. The molecule has 0 aromatic rings. The summed E-state index contributed by atoms with van der Waals surface area (Å²) in [4.78, 5) is 2.61. The fourth-order valence-electron chi connectivity index (χ4n) is 3.50. The molecule has 0 heterocycles. The average Bonchev–Trinajstić information content (AvgIpc) is 3.21. The lowest BCUT2D eigenvalue weighted by molar-refractivity contribution is 0.150. The highest BCUT2D eigenvalue weighted by atomic mass is 15.1. The Hall–Kier alpha value is -0.0800. The van der Waals surface area contributed by atoms with E-state index in [2.05, 4.69) is 31.1 Å². The zero-order valence-corrected chi connectivity index (χ0v) is 13.4. The third kappa shape index (κ3) is 5.43. The van der Waals surface area contributed by atoms with E-state index in [1.54, 1.807) is 0 Å². The Morgan fingerprint density at radius 1 is 1.11 bits per heavy atom. The van der Waals surface area contributed by atoms with Crippen molar-refractivity contribution in [2.45, 2.75) is 71.3 Å². The lowest BCUT2D eigenvalue weighted by atomic mass is 9.85. The maximum atomic E-state index is 3.73. The van der Waals surface area contributed by atoms with E-state index in [-0.39, 0.29) is 0 Å². The minimum absolute atomic E-state index is 0.450.